The summed E-state index contributed by atoms with van der Waals surface area (Å²) in [7, 11) is 4.31. The van der Waals surface area contributed by atoms with Crippen LogP contribution in [0, 0.1) is 5.92 Å². The van der Waals surface area contributed by atoms with Crippen LogP contribution in [-0.2, 0) is 9.09 Å². The third-order valence-electron chi connectivity index (χ3n) is 4.73. The number of anilines is 2. The van der Waals surface area contributed by atoms with Gasteiger partial charge >= 0.3 is 0 Å². The lowest BCUT2D eigenvalue weighted by Crippen LogP contribution is -2.17. The Morgan fingerprint density at radius 3 is 1.79 bits per heavy atom. The molecule has 6 heteroatoms. The Morgan fingerprint density at radius 1 is 0.893 bits per heavy atom. The lowest BCUT2D eigenvalue weighted by atomic mass is 10.2. The smallest absolute Gasteiger partial charge is 0.264 e. The fourth-order valence-electron chi connectivity index (χ4n) is 2.81. The van der Waals surface area contributed by atoms with Crippen molar-refractivity contribution in [3.63, 3.8) is 0 Å². The van der Waals surface area contributed by atoms with Crippen molar-refractivity contribution in [1.29, 1.82) is 0 Å². The maximum atomic E-state index is 13.9. The minimum atomic E-state index is -3.51. The quantitative estimate of drug-likeness (QED) is 0.625. The fraction of sp³-hybridized carbons (Fsp3) is 0.455. The number of aliphatic hydroxyl groups is 1. The molecule has 2 aromatic rings. The highest BCUT2D eigenvalue weighted by Gasteiger charge is 2.36. The lowest BCUT2D eigenvalue weighted by Gasteiger charge is -2.26. The van der Waals surface area contributed by atoms with Crippen LogP contribution >= 0.6 is 7.37 Å². The van der Waals surface area contributed by atoms with Crippen LogP contribution in [0.25, 0.3) is 0 Å². The summed E-state index contributed by atoms with van der Waals surface area (Å²) in [6.07, 6.45) is 0.784. The summed E-state index contributed by atoms with van der Waals surface area (Å²) < 4.78 is 19.8. The summed E-state index contributed by atoms with van der Waals surface area (Å²) in [5.41, 5.74) is 2.61. The molecule has 1 N–H and O–H groups in total. The minimum absolute atomic E-state index is 0.344. The Bertz CT molecular complexity index is 786. The molecule has 0 bridgehead atoms. The largest absolute Gasteiger partial charge is 0.378 e. The monoisotopic (exact) mass is 404 g/mol. The number of benzene rings is 2. The first-order chi connectivity index (χ1) is 13.1. The molecule has 0 saturated carbocycles. The van der Waals surface area contributed by atoms with Crippen LogP contribution in [0.2, 0.25) is 0 Å². The molecule has 0 unspecified atom stereocenters. The van der Waals surface area contributed by atoms with Crippen molar-refractivity contribution >= 4 is 24.0 Å². The van der Waals surface area contributed by atoms with Crippen molar-refractivity contribution in [2.24, 2.45) is 5.92 Å². The van der Waals surface area contributed by atoms with E-state index in [2.05, 4.69) is 13.8 Å². The van der Waals surface area contributed by atoms with Gasteiger partial charge < -0.3 is 19.4 Å². The highest BCUT2D eigenvalue weighted by Crippen LogP contribution is 2.58. The second kappa shape index (κ2) is 9.60. The molecule has 2 rings (SSSR count). The highest BCUT2D eigenvalue weighted by atomic mass is 31.2. The summed E-state index contributed by atoms with van der Waals surface area (Å²) in [6, 6.07) is 14.8. The Hall–Kier alpha value is -1.81. The zero-order valence-electron chi connectivity index (χ0n) is 17.8. The van der Waals surface area contributed by atoms with Crippen LogP contribution in [0.1, 0.15) is 31.7 Å². The van der Waals surface area contributed by atoms with Crippen molar-refractivity contribution in [1.82, 2.24) is 0 Å². The SMILES string of the molecule is CC(C)CCO[P@](=O)(c1ccc(N(C)C)cc1)[C@@H](O)c1ccc(N(C)C)cc1. The maximum Gasteiger partial charge on any atom is 0.264 e. The average molecular weight is 404 g/mol. The predicted molar refractivity (Wildman–Crippen MR) is 119 cm³/mol. The number of rotatable bonds is 9. The predicted octanol–water partition coefficient (Wildman–Crippen LogP) is 4.48. The first-order valence-electron chi connectivity index (χ1n) is 9.62. The molecule has 2 aromatic carbocycles. The van der Waals surface area contributed by atoms with Crippen LogP contribution in [0.4, 0.5) is 11.4 Å². The standard InChI is InChI=1S/C22H33N2O3P/c1-17(2)15-16-27-28(26,21-13-11-20(12-14-21)24(5)6)22(25)18-7-9-19(10-8-18)23(3)4/h7-14,17,22,25H,15-16H2,1-6H3/t22-,28-/m1/s1. The lowest BCUT2D eigenvalue weighted by molar-refractivity contribution is 0.209. The van der Waals surface area contributed by atoms with Crippen molar-refractivity contribution in [2.75, 3.05) is 44.6 Å². The minimum Gasteiger partial charge on any atom is -0.378 e. The summed E-state index contributed by atoms with van der Waals surface area (Å²) in [4.78, 5) is 3.96. The average Bonchev–Trinajstić information content (AvgIpc) is 2.67. The van der Waals surface area contributed by atoms with Gasteiger partial charge in [0.15, 0.2) is 5.85 Å². The Labute approximate surface area is 169 Å². The van der Waals surface area contributed by atoms with Crippen LogP contribution in [0.15, 0.2) is 48.5 Å². The number of aliphatic hydroxyl groups excluding tert-OH is 1. The topological polar surface area (TPSA) is 53.0 Å². The van der Waals surface area contributed by atoms with Crippen molar-refractivity contribution in [3.8, 4) is 0 Å². The van der Waals surface area contributed by atoms with Crippen LogP contribution < -0.4 is 15.1 Å². The van der Waals surface area contributed by atoms with Crippen molar-refractivity contribution in [3.05, 3.63) is 54.1 Å². The van der Waals surface area contributed by atoms with E-state index in [0.717, 1.165) is 17.8 Å². The van der Waals surface area contributed by atoms with Gasteiger partial charge in [0.1, 0.15) is 0 Å². The van der Waals surface area contributed by atoms with Crippen LogP contribution in [-0.4, -0.2) is 39.9 Å². The van der Waals surface area contributed by atoms with Gasteiger partial charge in [-0.1, -0.05) is 26.0 Å². The molecule has 0 fully saturated rings. The van der Waals surface area contributed by atoms with Gasteiger partial charge in [0.25, 0.3) is 7.37 Å². The molecule has 0 radical (unpaired) electrons. The Balaban J connectivity index is 2.37. The second-order valence-corrected chi connectivity index (χ2v) is 10.3. The molecule has 0 heterocycles. The molecule has 28 heavy (non-hydrogen) atoms. The molecule has 0 amide bonds. The molecule has 0 spiro atoms. The first-order valence-corrected chi connectivity index (χ1v) is 11.3. The van der Waals surface area contributed by atoms with E-state index in [0.29, 0.717) is 23.4 Å². The van der Waals surface area contributed by atoms with E-state index >= 15 is 0 Å². The second-order valence-electron chi connectivity index (χ2n) is 7.88. The van der Waals surface area contributed by atoms with Gasteiger partial charge in [-0.2, -0.15) is 0 Å². The van der Waals surface area contributed by atoms with Gasteiger partial charge in [0, 0.05) is 44.9 Å². The van der Waals surface area contributed by atoms with E-state index in [4.69, 9.17) is 4.52 Å². The van der Waals surface area contributed by atoms with Gasteiger partial charge in [-0.15, -0.1) is 0 Å². The normalized spacial score (nSPS) is 14.6. The summed E-state index contributed by atoms with van der Waals surface area (Å²) in [5.74, 6) is -0.776. The van der Waals surface area contributed by atoms with E-state index in [-0.39, 0.29) is 0 Å². The van der Waals surface area contributed by atoms with E-state index in [1.807, 2.05) is 74.4 Å². The third-order valence-corrected chi connectivity index (χ3v) is 7.26. The van der Waals surface area contributed by atoms with E-state index < -0.39 is 13.2 Å². The van der Waals surface area contributed by atoms with E-state index in [1.165, 1.54) is 0 Å². The highest BCUT2D eigenvalue weighted by molar-refractivity contribution is 7.67. The fourth-order valence-corrected chi connectivity index (χ4v) is 4.89. The van der Waals surface area contributed by atoms with Crippen molar-refractivity contribution in [2.45, 2.75) is 26.1 Å². The number of hydrogen-bond donors (Lipinski definition) is 1. The maximum absolute atomic E-state index is 13.9. The van der Waals surface area contributed by atoms with Crippen LogP contribution in [0.5, 0.6) is 0 Å². The number of hydrogen-bond acceptors (Lipinski definition) is 5. The van der Waals surface area contributed by atoms with Crippen LogP contribution in [0.3, 0.4) is 0 Å². The van der Waals surface area contributed by atoms with Gasteiger partial charge in [-0.3, -0.25) is 4.57 Å². The zero-order valence-corrected chi connectivity index (χ0v) is 18.7. The third kappa shape index (κ3) is 5.38. The van der Waals surface area contributed by atoms with Crippen molar-refractivity contribution < 1.29 is 14.2 Å². The number of nitrogens with zero attached hydrogens (tertiary/aromatic N) is 2. The molecule has 0 aliphatic rings. The Kier molecular flexibility index (Phi) is 7.70. The molecule has 5 nitrogen and oxygen atoms in total. The van der Waals surface area contributed by atoms with Gasteiger partial charge in [0.05, 0.1) is 6.61 Å². The Morgan fingerprint density at radius 2 is 1.36 bits per heavy atom. The zero-order chi connectivity index (χ0) is 20.9. The van der Waals surface area contributed by atoms with E-state index in [1.54, 1.807) is 12.1 Å². The molecular weight excluding hydrogens is 371 g/mol. The van der Waals surface area contributed by atoms with Gasteiger partial charge in [-0.25, -0.2) is 0 Å². The van der Waals surface area contributed by atoms with Gasteiger partial charge in [0.2, 0.25) is 0 Å². The molecule has 154 valence electrons. The molecule has 0 aliphatic heterocycles. The molecule has 0 aliphatic carbocycles. The first kappa shape index (κ1) is 22.5. The van der Waals surface area contributed by atoms with E-state index in [9.17, 15) is 9.67 Å². The molecule has 0 aromatic heterocycles. The molecule has 0 saturated heterocycles. The summed E-state index contributed by atoms with van der Waals surface area (Å²) in [5, 5.41) is 11.6. The van der Waals surface area contributed by atoms with Gasteiger partial charge in [-0.05, 0) is 54.3 Å². The summed E-state index contributed by atoms with van der Waals surface area (Å²) >= 11 is 0. The molecular formula is C22H33N2O3P. The summed E-state index contributed by atoms with van der Waals surface area (Å²) in [6.45, 7) is 4.53. The molecule has 2 atom stereocenters.